The Hall–Kier alpha value is -2.91. The van der Waals surface area contributed by atoms with Crippen LogP contribution in [0.1, 0.15) is 17.7 Å². The van der Waals surface area contributed by atoms with Crippen molar-refractivity contribution >= 4 is 45.7 Å². The van der Waals surface area contributed by atoms with Gasteiger partial charge in [-0.3, -0.25) is 9.59 Å². The summed E-state index contributed by atoms with van der Waals surface area (Å²) >= 11 is 3.04. The molecule has 1 aromatic heterocycles. The number of anilines is 2. The summed E-state index contributed by atoms with van der Waals surface area (Å²) in [5.74, 6) is 1.22. The van der Waals surface area contributed by atoms with Crippen molar-refractivity contribution in [3.8, 4) is 5.75 Å². The molecule has 0 saturated carbocycles. The smallest absolute Gasteiger partial charge is 0.231 e. The summed E-state index contributed by atoms with van der Waals surface area (Å²) in [6.45, 7) is 0.336. The van der Waals surface area contributed by atoms with Crippen molar-refractivity contribution in [1.29, 1.82) is 0 Å². The van der Waals surface area contributed by atoms with Gasteiger partial charge in [0.05, 0.1) is 18.7 Å². The number of carbonyl (C=O) groups is 2. The second-order valence-electron chi connectivity index (χ2n) is 7.36. The largest absolute Gasteiger partial charge is 0.497 e. The maximum Gasteiger partial charge on any atom is 0.231 e. The van der Waals surface area contributed by atoms with Crippen molar-refractivity contribution in [2.75, 3.05) is 23.9 Å². The summed E-state index contributed by atoms with van der Waals surface area (Å²) in [6, 6.07) is 13.7. The Balaban J connectivity index is 1.28. The minimum absolute atomic E-state index is 0.0765. The van der Waals surface area contributed by atoms with E-state index in [1.807, 2.05) is 17.5 Å². The molecule has 9 heteroatoms. The molecule has 0 radical (unpaired) electrons. The topological polar surface area (TPSA) is 71.5 Å². The first-order chi connectivity index (χ1) is 15.5. The zero-order chi connectivity index (χ0) is 22.5. The highest BCUT2D eigenvalue weighted by atomic mass is 32.2. The van der Waals surface area contributed by atoms with Crippen LogP contribution in [0.2, 0.25) is 0 Å². The van der Waals surface area contributed by atoms with Crippen molar-refractivity contribution in [1.82, 2.24) is 4.98 Å². The van der Waals surface area contributed by atoms with Gasteiger partial charge in [0, 0.05) is 35.5 Å². The molecule has 0 spiro atoms. The van der Waals surface area contributed by atoms with Gasteiger partial charge in [-0.2, -0.15) is 11.8 Å². The molecule has 32 heavy (non-hydrogen) atoms. The van der Waals surface area contributed by atoms with E-state index in [0.717, 1.165) is 22.7 Å². The van der Waals surface area contributed by atoms with Crippen LogP contribution in [0.25, 0.3) is 0 Å². The molecule has 1 fully saturated rings. The molecule has 1 aliphatic rings. The van der Waals surface area contributed by atoms with Gasteiger partial charge in [-0.15, -0.1) is 11.3 Å². The van der Waals surface area contributed by atoms with Gasteiger partial charge in [0.2, 0.25) is 11.8 Å². The third kappa shape index (κ3) is 5.46. The van der Waals surface area contributed by atoms with Crippen molar-refractivity contribution in [3.63, 3.8) is 0 Å². The summed E-state index contributed by atoms with van der Waals surface area (Å²) in [5.41, 5.74) is 2.67. The summed E-state index contributed by atoms with van der Waals surface area (Å²) in [7, 11) is 1.59. The molecule has 2 heterocycles. The summed E-state index contributed by atoms with van der Waals surface area (Å²) in [4.78, 5) is 31.2. The molecule has 1 unspecified atom stereocenters. The number of hydrogen-bond donors (Lipinski definition) is 1. The Kier molecular flexibility index (Phi) is 7.06. The first kappa shape index (κ1) is 22.3. The predicted molar refractivity (Wildman–Crippen MR) is 126 cm³/mol. The number of rotatable bonds is 8. The monoisotopic (exact) mass is 471 g/mol. The highest BCUT2D eigenvalue weighted by Crippen LogP contribution is 2.28. The van der Waals surface area contributed by atoms with Crippen LogP contribution in [0.3, 0.4) is 0 Å². The van der Waals surface area contributed by atoms with Gasteiger partial charge in [0.25, 0.3) is 0 Å². The molecule has 1 atom stereocenters. The molecule has 1 saturated heterocycles. The molecular formula is C23H22FN3O3S2. The Morgan fingerprint density at radius 3 is 2.69 bits per heavy atom. The lowest BCUT2D eigenvalue weighted by atomic mass is 10.1. The first-order valence-corrected chi connectivity index (χ1v) is 12.1. The molecule has 2 amide bonds. The highest BCUT2D eigenvalue weighted by molar-refractivity contribution is 7.97. The number of methoxy groups -OCH3 is 1. The molecule has 166 valence electrons. The second-order valence-corrected chi connectivity index (χ2v) is 9.20. The average molecular weight is 472 g/mol. The number of thioether (sulfide) groups is 1. The quantitative estimate of drug-likeness (QED) is 0.515. The van der Waals surface area contributed by atoms with Gasteiger partial charge in [-0.05, 0) is 42.0 Å². The number of benzene rings is 2. The summed E-state index contributed by atoms with van der Waals surface area (Å²) < 4.78 is 18.1. The highest BCUT2D eigenvalue weighted by Gasteiger charge is 2.35. The zero-order valence-electron chi connectivity index (χ0n) is 17.4. The minimum Gasteiger partial charge on any atom is -0.497 e. The standard InChI is InChI=1S/C23H22FN3O3S2/c1-30-20-8-6-19(7-9-20)27-11-16(10-21(27)28)22(29)26-23-25-18(14-32-23)13-31-12-15-2-4-17(24)5-3-15/h2-9,14,16H,10-13H2,1H3,(H,25,26,29). The van der Waals surface area contributed by atoms with Crippen LogP contribution in [-0.4, -0.2) is 30.5 Å². The number of amides is 2. The van der Waals surface area contributed by atoms with E-state index in [9.17, 15) is 14.0 Å². The lowest BCUT2D eigenvalue weighted by molar-refractivity contribution is -0.122. The number of thiazole rings is 1. The minimum atomic E-state index is -0.426. The van der Waals surface area contributed by atoms with Crippen molar-refractivity contribution in [2.24, 2.45) is 5.92 Å². The van der Waals surface area contributed by atoms with Crippen LogP contribution >= 0.6 is 23.1 Å². The van der Waals surface area contributed by atoms with E-state index in [0.29, 0.717) is 23.2 Å². The van der Waals surface area contributed by atoms with Crippen LogP contribution in [0.5, 0.6) is 5.75 Å². The fourth-order valence-corrected chi connectivity index (χ4v) is 5.09. The van der Waals surface area contributed by atoms with E-state index in [1.54, 1.807) is 48.0 Å². The third-order valence-corrected chi connectivity index (χ3v) is 6.94. The second kappa shape index (κ2) is 10.1. The van der Waals surface area contributed by atoms with Crippen LogP contribution in [0.15, 0.2) is 53.9 Å². The molecule has 1 aliphatic heterocycles. The molecular weight excluding hydrogens is 449 g/mol. The van der Waals surface area contributed by atoms with Gasteiger partial charge in [0.1, 0.15) is 11.6 Å². The summed E-state index contributed by atoms with van der Waals surface area (Å²) in [6.07, 6.45) is 0.170. The average Bonchev–Trinajstić information content (AvgIpc) is 3.41. The van der Waals surface area contributed by atoms with E-state index in [4.69, 9.17) is 4.74 Å². The van der Waals surface area contributed by atoms with Gasteiger partial charge in [-0.25, -0.2) is 9.37 Å². The molecule has 6 nitrogen and oxygen atoms in total. The SMILES string of the molecule is COc1ccc(N2CC(C(=O)Nc3nc(CSCc4ccc(F)cc4)cs3)CC2=O)cc1. The van der Waals surface area contributed by atoms with Gasteiger partial charge < -0.3 is 15.0 Å². The summed E-state index contributed by atoms with van der Waals surface area (Å²) in [5, 5.41) is 5.29. The lowest BCUT2D eigenvalue weighted by Gasteiger charge is -2.16. The molecule has 2 aromatic carbocycles. The molecule has 1 N–H and O–H groups in total. The Morgan fingerprint density at radius 1 is 1.22 bits per heavy atom. The molecule has 4 rings (SSSR count). The van der Waals surface area contributed by atoms with Crippen LogP contribution in [-0.2, 0) is 21.1 Å². The number of hydrogen-bond acceptors (Lipinski definition) is 6. The molecule has 0 aliphatic carbocycles. The van der Waals surface area contributed by atoms with Crippen LogP contribution < -0.4 is 15.0 Å². The van der Waals surface area contributed by atoms with E-state index >= 15 is 0 Å². The number of nitrogens with one attached hydrogen (secondary N) is 1. The van der Waals surface area contributed by atoms with E-state index in [2.05, 4.69) is 10.3 Å². The van der Waals surface area contributed by atoms with E-state index in [-0.39, 0.29) is 24.1 Å². The van der Waals surface area contributed by atoms with E-state index in [1.165, 1.54) is 23.5 Å². The Labute approximate surface area is 193 Å². The number of nitrogens with zero attached hydrogens (tertiary/aromatic N) is 2. The zero-order valence-corrected chi connectivity index (χ0v) is 19.0. The predicted octanol–water partition coefficient (Wildman–Crippen LogP) is 4.72. The van der Waals surface area contributed by atoms with Crippen molar-refractivity contribution < 1.29 is 18.7 Å². The number of halogens is 1. The number of aromatic nitrogens is 1. The molecule has 3 aromatic rings. The van der Waals surface area contributed by atoms with E-state index < -0.39 is 5.92 Å². The third-order valence-electron chi connectivity index (χ3n) is 5.09. The van der Waals surface area contributed by atoms with Gasteiger partial charge in [0.15, 0.2) is 5.13 Å². The van der Waals surface area contributed by atoms with Gasteiger partial charge in [-0.1, -0.05) is 12.1 Å². The fraction of sp³-hybridized carbons (Fsp3) is 0.261. The maximum atomic E-state index is 13.0. The van der Waals surface area contributed by atoms with Crippen LogP contribution in [0.4, 0.5) is 15.2 Å². The number of carbonyl (C=O) groups excluding carboxylic acids is 2. The van der Waals surface area contributed by atoms with Crippen molar-refractivity contribution in [3.05, 3.63) is 71.0 Å². The lowest BCUT2D eigenvalue weighted by Crippen LogP contribution is -2.28. The normalized spacial score (nSPS) is 15.8. The fourth-order valence-electron chi connectivity index (χ4n) is 3.39. The Bertz CT molecular complexity index is 1090. The molecule has 0 bridgehead atoms. The van der Waals surface area contributed by atoms with Crippen LogP contribution in [0, 0.1) is 11.7 Å². The van der Waals surface area contributed by atoms with Crippen molar-refractivity contribution in [2.45, 2.75) is 17.9 Å². The number of ether oxygens (including phenoxy) is 1. The maximum absolute atomic E-state index is 13.0. The van der Waals surface area contributed by atoms with Gasteiger partial charge >= 0.3 is 0 Å². The Morgan fingerprint density at radius 2 is 1.97 bits per heavy atom. The first-order valence-electron chi connectivity index (χ1n) is 10.0.